The molecule has 0 aromatic rings. The molecule has 2 nitrogen and oxygen atoms in total. The van der Waals surface area contributed by atoms with Crippen LogP contribution in [0.3, 0.4) is 0 Å². The van der Waals surface area contributed by atoms with E-state index in [2.05, 4.69) is 20.8 Å². The molecule has 0 unspecified atom stereocenters. The van der Waals surface area contributed by atoms with Crippen molar-refractivity contribution in [2.24, 2.45) is 0 Å². The highest BCUT2D eigenvalue weighted by molar-refractivity contribution is 4.67. The van der Waals surface area contributed by atoms with E-state index >= 15 is 0 Å². The van der Waals surface area contributed by atoms with Crippen LogP contribution in [0.1, 0.15) is 33.6 Å². The van der Waals surface area contributed by atoms with Gasteiger partial charge in [-0.25, -0.2) is 0 Å². The zero-order valence-corrected chi connectivity index (χ0v) is 7.67. The van der Waals surface area contributed by atoms with Gasteiger partial charge in [-0.15, -0.1) is 0 Å². The minimum absolute atomic E-state index is 0.331. The molecule has 0 radical (unpaired) electrons. The first kappa shape index (κ1) is 9.01. The highest BCUT2D eigenvalue weighted by Gasteiger charge is 2.19. The smallest absolute Gasteiger partial charge is 0.0813 e. The molecule has 11 heavy (non-hydrogen) atoms. The summed E-state index contributed by atoms with van der Waals surface area (Å²) in [6.45, 7) is 7.03. The Bertz CT molecular complexity index is 104. The van der Waals surface area contributed by atoms with Crippen molar-refractivity contribution in [2.45, 2.75) is 51.9 Å². The van der Waals surface area contributed by atoms with Crippen molar-refractivity contribution in [2.75, 3.05) is 6.61 Å². The van der Waals surface area contributed by atoms with Gasteiger partial charge >= 0.3 is 0 Å². The van der Waals surface area contributed by atoms with Crippen LogP contribution < -0.4 is 0 Å². The molecule has 0 aromatic carbocycles. The first-order valence-corrected chi connectivity index (χ1v) is 4.45. The van der Waals surface area contributed by atoms with E-state index in [1.54, 1.807) is 0 Å². The van der Waals surface area contributed by atoms with E-state index in [9.17, 15) is 0 Å². The topological polar surface area (TPSA) is 18.5 Å². The van der Waals surface area contributed by atoms with Gasteiger partial charge in [-0.3, -0.25) is 0 Å². The summed E-state index contributed by atoms with van der Waals surface area (Å²) in [4.78, 5) is 0. The summed E-state index contributed by atoms with van der Waals surface area (Å²) < 4.78 is 11.1. The average molecular weight is 158 g/mol. The van der Waals surface area contributed by atoms with E-state index in [1.165, 1.54) is 0 Å². The predicted octanol–water partition coefficient (Wildman–Crippen LogP) is 1.98. The molecule has 0 bridgehead atoms. The van der Waals surface area contributed by atoms with Crippen molar-refractivity contribution in [1.29, 1.82) is 0 Å². The Labute approximate surface area is 68.9 Å². The van der Waals surface area contributed by atoms with E-state index < -0.39 is 0 Å². The van der Waals surface area contributed by atoms with Crippen LogP contribution in [-0.4, -0.2) is 24.9 Å². The highest BCUT2D eigenvalue weighted by atomic mass is 16.5. The van der Waals surface area contributed by atoms with Crippen LogP contribution in [0.4, 0.5) is 0 Å². The molecule has 66 valence electrons. The lowest BCUT2D eigenvalue weighted by Gasteiger charge is -2.28. The molecule has 1 heterocycles. The van der Waals surface area contributed by atoms with Crippen molar-refractivity contribution in [1.82, 2.24) is 0 Å². The monoisotopic (exact) mass is 158 g/mol. The molecule has 1 aliphatic heterocycles. The Balaban J connectivity index is 2.17. The van der Waals surface area contributed by atoms with Gasteiger partial charge in [0.2, 0.25) is 0 Å². The second-order valence-electron chi connectivity index (χ2n) is 3.53. The van der Waals surface area contributed by atoms with Gasteiger partial charge in [0.1, 0.15) is 0 Å². The maximum Gasteiger partial charge on any atom is 0.0813 e. The van der Waals surface area contributed by atoms with E-state index in [0.717, 1.165) is 19.4 Å². The Hall–Kier alpha value is -0.0800. The minimum Gasteiger partial charge on any atom is -0.376 e. The van der Waals surface area contributed by atoms with Gasteiger partial charge in [0.15, 0.2) is 0 Å². The fourth-order valence-corrected chi connectivity index (χ4v) is 1.35. The van der Waals surface area contributed by atoms with Crippen molar-refractivity contribution < 1.29 is 9.47 Å². The van der Waals surface area contributed by atoms with Gasteiger partial charge in [0.05, 0.1) is 24.9 Å². The molecular formula is C9H18O2. The van der Waals surface area contributed by atoms with Crippen LogP contribution in [0.2, 0.25) is 0 Å². The molecule has 0 N–H and O–H groups in total. The van der Waals surface area contributed by atoms with Gasteiger partial charge in [-0.2, -0.15) is 0 Å². The second kappa shape index (κ2) is 4.07. The molecule has 2 atom stereocenters. The van der Waals surface area contributed by atoms with Crippen LogP contribution >= 0.6 is 0 Å². The Morgan fingerprint density at radius 2 is 2.09 bits per heavy atom. The molecular weight excluding hydrogens is 140 g/mol. The van der Waals surface area contributed by atoms with Gasteiger partial charge in [0.25, 0.3) is 0 Å². The lowest BCUT2D eigenvalue weighted by molar-refractivity contribution is -0.0972. The van der Waals surface area contributed by atoms with Crippen LogP contribution in [0.25, 0.3) is 0 Å². The molecule has 1 rings (SSSR count). The quantitative estimate of drug-likeness (QED) is 0.611. The molecule has 1 fully saturated rings. The third-order valence-corrected chi connectivity index (χ3v) is 1.93. The fourth-order valence-electron chi connectivity index (χ4n) is 1.35. The summed E-state index contributed by atoms with van der Waals surface area (Å²) in [5.74, 6) is 0. The number of ether oxygens (including phenoxy) is 2. The number of rotatable bonds is 2. The molecule has 0 spiro atoms. The standard InChI is InChI=1S/C9H18O2/c1-7(2)11-9-5-4-8(3)10-6-9/h7-9H,4-6H2,1-3H3/t8-,9+/m1/s1. The normalized spacial score (nSPS) is 32.7. The van der Waals surface area contributed by atoms with Crippen LogP contribution in [0.15, 0.2) is 0 Å². The molecule has 2 heteroatoms. The third-order valence-electron chi connectivity index (χ3n) is 1.93. The van der Waals surface area contributed by atoms with Crippen LogP contribution in [0, 0.1) is 0 Å². The maximum absolute atomic E-state index is 5.61. The Morgan fingerprint density at radius 1 is 1.36 bits per heavy atom. The van der Waals surface area contributed by atoms with E-state index in [-0.39, 0.29) is 0 Å². The van der Waals surface area contributed by atoms with Crippen LogP contribution in [0.5, 0.6) is 0 Å². The first-order chi connectivity index (χ1) is 5.18. The summed E-state index contributed by atoms with van der Waals surface area (Å²) in [5, 5.41) is 0. The molecule has 1 aliphatic rings. The summed E-state index contributed by atoms with van der Waals surface area (Å²) in [6, 6.07) is 0. The SMILES string of the molecule is CC(C)O[C@H]1CC[C@@H](C)OC1. The van der Waals surface area contributed by atoms with E-state index in [4.69, 9.17) is 9.47 Å². The predicted molar refractivity (Wildman–Crippen MR) is 44.7 cm³/mol. The molecule has 0 amide bonds. The molecule has 0 saturated carbocycles. The van der Waals surface area contributed by atoms with Gasteiger partial charge < -0.3 is 9.47 Å². The summed E-state index contributed by atoms with van der Waals surface area (Å²) in [7, 11) is 0. The minimum atomic E-state index is 0.331. The third kappa shape index (κ3) is 3.21. The lowest BCUT2D eigenvalue weighted by atomic mass is 10.1. The van der Waals surface area contributed by atoms with Gasteiger partial charge in [-0.05, 0) is 33.6 Å². The fraction of sp³-hybridized carbons (Fsp3) is 1.00. The van der Waals surface area contributed by atoms with Crippen LogP contribution in [-0.2, 0) is 9.47 Å². The first-order valence-electron chi connectivity index (χ1n) is 4.45. The number of hydrogen-bond acceptors (Lipinski definition) is 2. The Kier molecular flexibility index (Phi) is 3.34. The zero-order valence-electron chi connectivity index (χ0n) is 7.67. The molecule has 0 aromatic heterocycles. The second-order valence-corrected chi connectivity index (χ2v) is 3.53. The summed E-state index contributed by atoms with van der Waals surface area (Å²) in [6.07, 6.45) is 3.39. The number of hydrogen-bond donors (Lipinski definition) is 0. The van der Waals surface area contributed by atoms with Crippen molar-refractivity contribution in [3.63, 3.8) is 0 Å². The molecule has 0 aliphatic carbocycles. The zero-order chi connectivity index (χ0) is 8.27. The molecule has 1 saturated heterocycles. The van der Waals surface area contributed by atoms with E-state index in [0.29, 0.717) is 18.3 Å². The lowest BCUT2D eigenvalue weighted by Crippen LogP contribution is -2.31. The average Bonchev–Trinajstić information content (AvgIpc) is 1.93. The largest absolute Gasteiger partial charge is 0.376 e. The maximum atomic E-state index is 5.61. The highest BCUT2D eigenvalue weighted by Crippen LogP contribution is 2.16. The Morgan fingerprint density at radius 3 is 2.55 bits per heavy atom. The summed E-state index contributed by atoms with van der Waals surface area (Å²) in [5.41, 5.74) is 0. The van der Waals surface area contributed by atoms with Gasteiger partial charge in [0, 0.05) is 0 Å². The van der Waals surface area contributed by atoms with E-state index in [1.807, 2.05) is 0 Å². The summed E-state index contributed by atoms with van der Waals surface area (Å²) >= 11 is 0. The van der Waals surface area contributed by atoms with Crippen molar-refractivity contribution in [3.05, 3.63) is 0 Å². The van der Waals surface area contributed by atoms with Crippen molar-refractivity contribution >= 4 is 0 Å². The van der Waals surface area contributed by atoms with Gasteiger partial charge in [-0.1, -0.05) is 0 Å². The van der Waals surface area contributed by atoms with Crippen molar-refractivity contribution in [3.8, 4) is 0 Å².